The van der Waals surface area contributed by atoms with Crippen LogP contribution in [0.2, 0.25) is 0 Å². The van der Waals surface area contributed by atoms with Crippen molar-refractivity contribution in [2.45, 2.75) is 104 Å². The largest absolute Gasteiger partial charge is 0.358 e. The lowest BCUT2D eigenvalue weighted by Crippen LogP contribution is -2.22. The zero-order valence-electron chi connectivity index (χ0n) is 31.5. The van der Waals surface area contributed by atoms with E-state index in [1.807, 2.05) is 11.8 Å². The van der Waals surface area contributed by atoms with Crippen molar-refractivity contribution in [3.8, 4) is 0 Å². The molecule has 4 nitrogen and oxygen atoms in total. The second kappa shape index (κ2) is 13.3. The quantitative estimate of drug-likeness (QED) is 0.220. The zero-order valence-corrected chi connectivity index (χ0v) is 32.3. The molecule has 7 heterocycles. The van der Waals surface area contributed by atoms with Gasteiger partial charge in [-0.1, -0.05) is 76.2 Å². The summed E-state index contributed by atoms with van der Waals surface area (Å²) in [5.74, 6) is 1.86. The third kappa shape index (κ3) is 5.51. The minimum absolute atomic E-state index is 0.0221. The predicted octanol–water partition coefficient (Wildman–Crippen LogP) is 11.9. The van der Waals surface area contributed by atoms with Crippen LogP contribution in [-0.2, 0) is 24.3 Å². The summed E-state index contributed by atoms with van der Waals surface area (Å²) in [4.78, 5) is 19.3. The summed E-state index contributed by atoms with van der Waals surface area (Å²) < 4.78 is 0. The van der Waals surface area contributed by atoms with Gasteiger partial charge in [-0.15, -0.1) is 0 Å². The summed E-state index contributed by atoms with van der Waals surface area (Å²) in [6.07, 6.45) is 8.45. The molecule has 14 bridgehead atoms. The van der Waals surface area contributed by atoms with Crippen molar-refractivity contribution in [1.82, 2.24) is 9.97 Å². The fraction of sp³-hybridized carbons (Fsp3) is 0.348. The molecular formula is C46H50N4S. The lowest BCUT2D eigenvalue weighted by atomic mass is 9.82. The SMILES string of the molecule is CCC1=C(C)C2=N/C1=C\c1[nH]c(c(C)c1CC)C1c3cccc(c3)CSCc3cccc(c3)C2C2=N/C(=C\c3[nH]c1c(C)c3CC)C(CC)=C2C. The van der Waals surface area contributed by atoms with Gasteiger partial charge in [0.15, 0.2) is 0 Å². The van der Waals surface area contributed by atoms with Gasteiger partial charge in [-0.25, -0.2) is 0 Å². The monoisotopic (exact) mass is 690 g/mol. The van der Waals surface area contributed by atoms with E-state index in [0.29, 0.717) is 0 Å². The number of hydrogen-bond donors (Lipinski definition) is 2. The molecule has 5 aliphatic rings. The summed E-state index contributed by atoms with van der Waals surface area (Å²) in [6.45, 7) is 18.3. The van der Waals surface area contributed by atoms with Crippen LogP contribution in [0.25, 0.3) is 12.2 Å². The van der Waals surface area contributed by atoms with E-state index in [4.69, 9.17) is 9.98 Å². The topological polar surface area (TPSA) is 56.3 Å². The molecule has 4 aromatic rings. The van der Waals surface area contributed by atoms with E-state index in [1.54, 1.807) is 0 Å². The normalized spacial score (nSPS) is 21.8. The maximum Gasteiger partial charge on any atom is 0.0692 e. The van der Waals surface area contributed by atoms with E-state index >= 15 is 0 Å². The van der Waals surface area contributed by atoms with Crippen LogP contribution in [0.3, 0.4) is 0 Å². The van der Waals surface area contributed by atoms with Crippen molar-refractivity contribution in [3.05, 3.63) is 150 Å². The smallest absolute Gasteiger partial charge is 0.0692 e. The van der Waals surface area contributed by atoms with E-state index in [0.717, 1.165) is 60.0 Å². The van der Waals surface area contributed by atoms with Gasteiger partial charge < -0.3 is 9.97 Å². The number of aromatic nitrogens is 2. The highest BCUT2D eigenvalue weighted by Gasteiger charge is 2.36. The standard InChI is InChI=1S/C46H50N4S/c1-9-33-25(5)43-41-31-17-13-15-29(19-31)23-51-24-30-16-14-18-32(20-30)42(45-26(6)34(10-2)38(48-45)21-37(33)47-43)46-28(8)36(12-4)40(50-46)22-39-35(11-3)27(7)44(41)49-39/h13-22,41-42,47,49H,9-12,23-24H2,1-8H3/b38-21-,40-22-. The van der Waals surface area contributed by atoms with Gasteiger partial charge in [-0.3, -0.25) is 9.98 Å². The molecule has 0 saturated carbocycles. The summed E-state index contributed by atoms with van der Waals surface area (Å²) in [5.41, 5.74) is 25.3. The minimum Gasteiger partial charge on any atom is -0.358 e. The molecule has 9 rings (SSSR count). The van der Waals surface area contributed by atoms with Crippen molar-refractivity contribution in [2.24, 2.45) is 9.98 Å². The van der Waals surface area contributed by atoms with Crippen molar-refractivity contribution < 1.29 is 0 Å². The van der Waals surface area contributed by atoms with Gasteiger partial charge in [0.2, 0.25) is 0 Å². The molecule has 0 unspecified atom stereocenters. The van der Waals surface area contributed by atoms with Crippen LogP contribution in [0.5, 0.6) is 0 Å². The van der Waals surface area contributed by atoms with Crippen LogP contribution in [-0.4, -0.2) is 21.4 Å². The van der Waals surface area contributed by atoms with Crippen LogP contribution >= 0.6 is 11.8 Å². The lowest BCUT2D eigenvalue weighted by molar-refractivity contribution is 0.873. The van der Waals surface area contributed by atoms with Crippen molar-refractivity contribution in [3.63, 3.8) is 0 Å². The number of rotatable bonds is 4. The molecular weight excluding hydrogens is 641 g/mol. The van der Waals surface area contributed by atoms with Crippen LogP contribution in [0.15, 0.2) is 92.2 Å². The highest BCUT2D eigenvalue weighted by molar-refractivity contribution is 7.97. The molecule has 2 N–H and O–H groups in total. The number of benzene rings is 2. The predicted molar refractivity (Wildman–Crippen MR) is 218 cm³/mol. The maximum atomic E-state index is 5.61. The average Bonchev–Trinajstić information content (AvgIpc) is 3.81. The van der Waals surface area contributed by atoms with Crippen LogP contribution in [0.1, 0.15) is 134 Å². The van der Waals surface area contributed by atoms with Gasteiger partial charge in [0, 0.05) is 34.3 Å². The fourth-order valence-corrected chi connectivity index (χ4v) is 10.2. The van der Waals surface area contributed by atoms with Crippen LogP contribution in [0.4, 0.5) is 0 Å². The van der Waals surface area contributed by atoms with Crippen LogP contribution in [0, 0.1) is 13.8 Å². The molecule has 260 valence electrons. The Morgan fingerprint density at radius 3 is 1.49 bits per heavy atom. The molecule has 0 aliphatic carbocycles. The van der Waals surface area contributed by atoms with E-state index in [-0.39, 0.29) is 11.8 Å². The highest BCUT2D eigenvalue weighted by atomic mass is 32.2. The van der Waals surface area contributed by atoms with E-state index in [9.17, 15) is 0 Å². The molecule has 0 amide bonds. The summed E-state index contributed by atoms with van der Waals surface area (Å²) in [7, 11) is 0. The number of nitrogens with zero attached hydrogens (tertiary/aromatic N) is 2. The summed E-state index contributed by atoms with van der Waals surface area (Å²) in [6, 6.07) is 18.6. The number of aliphatic imine (C=N–C) groups is 2. The zero-order chi connectivity index (χ0) is 35.6. The molecule has 51 heavy (non-hydrogen) atoms. The Hall–Kier alpha value is -4.35. The third-order valence-corrected chi connectivity index (χ3v) is 13.0. The van der Waals surface area contributed by atoms with Gasteiger partial charge in [0.05, 0.1) is 34.7 Å². The first-order valence-electron chi connectivity index (χ1n) is 19.0. The first kappa shape index (κ1) is 33.8. The number of hydrogen-bond acceptors (Lipinski definition) is 3. The Bertz CT molecular complexity index is 2160. The Labute approximate surface area is 308 Å². The number of H-pyrrole nitrogens is 2. The molecule has 0 atom stereocenters. The van der Waals surface area contributed by atoms with E-state index in [2.05, 4.69) is 126 Å². The molecule has 5 aliphatic heterocycles. The van der Waals surface area contributed by atoms with Gasteiger partial charge in [0.25, 0.3) is 0 Å². The Morgan fingerprint density at radius 2 is 1.06 bits per heavy atom. The number of nitrogens with one attached hydrogen (secondary N) is 2. The minimum atomic E-state index is -0.0686. The molecule has 0 fully saturated rings. The number of aromatic amines is 2. The average molecular weight is 691 g/mol. The second-order valence-corrected chi connectivity index (χ2v) is 15.6. The fourth-order valence-electron chi connectivity index (χ4n) is 9.25. The number of allylic oxidation sites excluding steroid dienone is 4. The maximum absolute atomic E-state index is 5.61. The summed E-state index contributed by atoms with van der Waals surface area (Å²) in [5, 5.41) is 0. The van der Waals surface area contributed by atoms with E-state index in [1.165, 1.54) is 89.6 Å². The third-order valence-electron chi connectivity index (χ3n) is 11.9. The number of thioether (sulfide) groups is 1. The van der Waals surface area contributed by atoms with Gasteiger partial charge >= 0.3 is 0 Å². The molecule has 0 radical (unpaired) electrons. The van der Waals surface area contributed by atoms with Crippen LogP contribution < -0.4 is 0 Å². The van der Waals surface area contributed by atoms with E-state index < -0.39 is 0 Å². The molecule has 0 spiro atoms. The Kier molecular flexibility index (Phi) is 8.82. The lowest BCUT2D eigenvalue weighted by Gasteiger charge is -2.21. The van der Waals surface area contributed by atoms with Crippen molar-refractivity contribution in [2.75, 3.05) is 0 Å². The van der Waals surface area contributed by atoms with Gasteiger partial charge in [-0.05, 0) is 132 Å². The van der Waals surface area contributed by atoms with Gasteiger partial charge in [-0.2, -0.15) is 11.8 Å². The first-order valence-corrected chi connectivity index (χ1v) is 20.1. The Balaban J connectivity index is 1.55. The van der Waals surface area contributed by atoms with Crippen molar-refractivity contribution in [1.29, 1.82) is 0 Å². The van der Waals surface area contributed by atoms with Gasteiger partial charge in [0.1, 0.15) is 0 Å². The highest BCUT2D eigenvalue weighted by Crippen LogP contribution is 2.44. The molecule has 2 aromatic carbocycles. The number of fused-ring (bicyclic) bond motifs is 2. The molecule has 0 saturated heterocycles. The summed E-state index contributed by atoms with van der Waals surface area (Å²) >= 11 is 1.99. The first-order chi connectivity index (χ1) is 24.8. The second-order valence-electron chi connectivity index (χ2n) is 14.6. The molecule has 2 aromatic heterocycles. The van der Waals surface area contributed by atoms with Crippen molar-refractivity contribution >= 4 is 35.3 Å². The Morgan fingerprint density at radius 1 is 0.608 bits per heavy atom. The molecule has 5 heteroatoms.